The summed E-state index contributed by atoms with van der Waals surface area (Å²) in [6.45, 7) is 7.94. The predicted octanol–water partition coefficient (Wildman–Crippen LogP) is 3.19. The van der Waals surface area contributed by atoms with Crippen molar-refractivity contribution in [3.63, 3.8) is 0 Å². The van der Waals surface area contributed by atoms with Gasteiger partial charge in [0, 0.05) is 26.7 Å². The lowest BCUT2D eigenvalue weighted by Gasteiger charge is -2.34. The fraction of sp³-hybridized carbons (Fsp3) is 0.600. The molecule has 1 aromatic carbocycles. The van der Waals surface area contributed by atoms with Crippen molar-refractivity contribution in [2.24, 2.45) is 10.9 Å². The van der Waals surface area contributed by atoms with Crippen molar-refractivity contribution in [3.8, 4) is 0 Å². The molecule has 1 fully saturated rings. The number of guanidine groups is 1. The molecule has 1 aromatic rings. The molecule has 6 nitrogen and oxygen atoms in total. The van der Waals surface area contributed by atoms with Gasteiger partial charge < -0.3 is 19.7 Å². The molecule has 1 heterocycles. The fourth-order valence-electron chi connectivity index (χ4n) is 3.12. The highest BCUT2D eigenvalue weighted by atomic mass is 127. The Balaban J connectivity index is 0.00000364. The maximum atomic E-state index is 12.1. The first-order valence-corrected chi connectivity index (χ1v) is 9.44. The number of ether oxygens (including phenoxy) is 2. The molecule has 27 heavy (non-hydrogen) atoms. The number of nitrogens with one attached hydrogen (secondary N) is 1. The van der Waals surface area contributed by atoms with E-state index >= 15 is 0 Å². The van der Waals surface area contributed by atoms with Gasteiger partial charge in [-0.1, -0.05) is 24.3 Å². The molecule has 1 N–H and O–H groups in total. The molecule has 2 rings (SSSR count). The predicted molar refractivity (Wildman–Crippen MR) is 118 cm³/mol. The summed E-state index contributed by atoms with van der Waals surface area (Å²) in [5.41, 5.74) is 2.31. The number of hydrogen-bond donors (Lipinski definition) is 1. The van der Waals surface area contributed by atoms with E-state index in [1.807, 2.05) is 6.92 Å². The van der Waals surface area contributed by atoms with Gasteiger partial charge in [-0.2, -0.15) is 0 Å². The van der Waals surface area contributed by atoms with Gasteiger partial charge >= 0.3 is 5.97 Å². The van der Waals surface area contributed by atoms with Gasteiger partial charge in [0.15, 0.2) is 5.96 Å². The first-order valence-electron chi connectivity index (χ1n) is 9.44. The SMILES string of the molecule is CCNC(=NCc1ccc(COC)cc1)N1CCCC(C(=O)OCC)C1.I. The minimum absolute atomic E-state index is 0. The topological polar surface area (TPSA) is 63.2 Å². The Kier molecular flexibility index (Phi) is 11.3. The average molecular weight is 489 g/mol. The highest BCUT2D eigenvalue weighted by Crippen LogP contribution is 2.18. The Morgan fingerprint density at radius 1 is 1.26 bits per heavy atom. The van der Waals surface area contributed by atoms with Crippen LogP contribution >= 0.6 is 24.0 Å². The number of carbonyl (C=O) groups excluding carboxylic acids is 1. The molecule has 1 saturated heterocycles. The lowest BCUT2D eigenvalue weighted by molar-refractivity contribution is -0.149. The largest absolute Gasteiger partial charge is 0.466 e. The molecule has 1 unspecified atom stereocenters. The quantitative estimate of drug-likeness (QED) is 0.276. The van der Waals surface area contributed by atoms with Gasteiger partial charge in [-0.3, -0.25) is 4.79 Å². The van der Waals surface area contributed by atoms with Crippen LogP contribution in [0.25, 0.3) is 0 Å². The molecule has 0 aliphatic carbocycles. The molecule has 0 radical (unpaired) electrons. The zero-order valence-electron chi connectivity index (χ0n) is 16.6. The number of nitrogens with zero attached hydrogens (tertiary/aromatic N) is 2. The molecule has 0 saturated carbocycles. The molecule has 152 valence electrons. The summed E-state index contributed by atoms with van der Waals surface area (Å²) in [5, 5.41) is 3.35. The van der Waals surface area contributed by atoms with E-state index in [1.165, 1.54) is 0 Å². The van der Waals surface area contributed by atoms with E-state index in [4.69, 9.17) is 14.5 Å². The third-order valence-corrected chi connectivity index (χ3v) is 4.42. The van der Waals surface area contributed by atoms with Crippen molar-refractivity contribution in [3.05, 3.63) is 35.4 Å². The van der Waals surface area contributed by atoms with Crippen molar-refractivity contribution in [1.29, 1.82) is 0 Å². The standard InChI is InChI=1S/C20H31N3O3.HI/c1-4-21-20(22-13-16-8-10-17(11-9-16)15-25-3)23-12-6-7-18(14-23)19(24)26-5-2;/h8-11,18H,4-7,12-15H2,1-3H3,(H,21,22);1H. The Morgan fingerprint density at radius 2 is 1.96 bits per heavy atom. The van der Waals surface area contributed by atoms with Gasteiger partial charge in [0.1, 0.15) is 0 Å². The number of aliphatic imine (C=N–C) groups is 1. The summed E-state index contributed by atoms with van der Waals surface area (Å²) < 4.78 is 10.3. The van der Waals surface area contributed by atoms with E-state index in [9.17, 15) is 4.79 Å². The van der Waals surface area contributed by atoms with Crippen LogP contribution in [0.2, 0.25) is 0 Å². The third kappa shape index (κ3) is 7.65. The van der Waals surface area contributed by atoms with E-state index in [0.717, 1.165) is 43.0 Å². The van der Waals surface area contributed by atoms with Crippen molar-refractivity contribution >= 4 is 35.9 Å². The minimum Gasteiger partial charge on any atom is -0.466 e. The number of piperidine rings is 1. The van der Waals surface area contributed by atoms with E-state index in [2.05, 4.69) is 41.4 Å². The van der Waals surface area contributed by atoms with Crippen molar-refractivity contribution < 1.29 is 14.3 Å². The second kappa shape index (κ2) is 12.9. The molecular weight excluding hydrogens is 457 g/mol. The zero-order valence-corrected chi connectivity index (χ0v) is 18.9. The first-order chi connectivity index (χ1) is 12.7. The molecule has 1 aliphatic rings. The van der Waals surface area contributed by atoms with Crippen molar-refractivity contribution in [2.75, 3.05) is 33.4 Å². The smallest absolute Gasteiger partial charge is 0.310 e. The van der Waals surface area contributed by atoms with Crippen LogP contribution in [-0.2, 0) is 27.4 Å². The Morgan fingerprint density at radius 3 is 2.59 bits per heavy atom. The van der Waals surface area contributed by atoms with Crippen LogP contribution in [-0.4, -0.2) is 50.2 Å². The summed E-state index contributed by atoms with van der Waals surface area (Å²) in [7, 11) is 1.70. The number of rotatable bonds is 7. The number of likely N-dealkylation sites (tertiary alicyclic amines) is 1. The van der Waals surface area contributed by atoms with Gasteiger partial charge in [-0.25, -0.2) is 4.99 Å². The van der Waals surface area contributed by atoms with Crippen LogP contribution in [0.3, 0.4) is 0 Å². The summed E-state index contributed by atoms with van der Waals surface area (Å²) in [4.78, 5) is 19.0. The van der Waals surface area contributed by atoms with Crippen LogP contribution in [0.4, 0.5) is 0 Å². The van der Waals surface area contributed by atoms with Gasteiger partial charge in [0.2, 0.25) is 0 Å². The van der Waals surface area contributed by atoms with E-state index in [-0.39, 0.29) is 35.9 Å². The second-order valence-electron chi connectivity index (χ2n) is 6.46. The number of halogens is 1. The van der Waals surface area contributed by atoms with E-state index in [1.54, 1.807) is 7.11 Å². The Hall–Kier alpha value is -1.35. The molecular formula is C20H32IN3O3. The lowest BCUT2D eigenvalue weighted by atomic mass is 9.98. The first kappa shape index (κ1) is 23.7. The average Bonchev–Trinajstić information content (AvgIpc) is 2.67. The Bertz CT molecular complexity index is 593. The molecule has 0 bridgehead atoms. The number of esters is 1. The van der Waals surface area contributed by atoms with Crippen LogP contribution in [0.15, 0.2) is 29.3 Å². The fourth-order valence-corrected chi connectivity index (χ4v) is 3.12. The van der Waals surface area contributed by atoms with Gasteiger partial charge in [-0.15, -0.1) is 24.0 Å². The summed E-state index contributed by atoms with van der Waals surface area (Å²) >= 11 is 0. The lowest BCUT2D eigenvalue weighted by Crippen LogP contribution is -2.48. The summed E-state index contributed by atoms with van der Waals surface area (Å²) in [6.07, 6.45) is 1.86. The molecule has 1 aliphatic heterocycles. The van der Waals surface area contributed by atoms with Crippen LogP contribution in [0, 0.1) is 5.92 Å². The van der Waals surface area contributed by atoms with Crippen molar-refractivity contribution in [2.45, 2.75) is 39.8 Å². The summed E-state index contributed by atoms with van der Waals surface area (Å²) in [5.74, 6) is 0.699. The maximum absolute atomic E-state index is 12.1. The van der Waals surface area contributed by atoms with Gasteiger partial charge in [0.05, 0.1) is 25.7 Å². The molecule has 7 heteroatoms. The van der Waals surface area contributed by atoms with Gasteiger partial charge in [-0.05, 0) is 37.8 Å². The monoisotopic (exact) mass is 489 g/mol. The minimum atomic E-state index is -0.0956. The number of benzene rings is 1. The molecule has 0 amide bonds. The number of methoxy groups -OCH3 is 1. The number of hydrogen-bond acceptors (Lipinski definition) is 4. The Labute approximate surface area is 179 Å². The number of carbonyl (C=O) groups is 1. The second-order valence-corrected chi connectivity index (χ2v) is 6.46. The molecule has 0 spiro atoms. The highest BCUT2D eigenvalue weighted by molar-refractivity contribution is 14.0. The highest BCUT2D eigenvalue weighted by Gasteiger charge is 2.28. The normalized spacial score (nSPS) is 17.2. The molecule has 0 aromatic heterocycles. The van der Waals surface area contributed by atoms with Crippen LogP contribution in [0.5, 0.6) is 0 Å². The van der Waals surface area contributed by atoms with Crippen LogP contribution < -0.4 is 5.32 Å². The van der Waals surface area contributed by atoms with Crippen LogP contribution in [0.1, 0.15) is 37.8 Å². The van der Waals surface area contributed by atoms with Gasteiger partial charge in [0.25, 0.3) is 0 Å². The maximum Gasteiger partial charge on any atom is 0.310 e. The van der Waals surface area contributed by atoms with Crippen molar-refractivity contribution in [1.82, 2.24) is 10.2 Å². The zero-order chi connectivity index (χ0) is 18.8. The molecule has 1 atom stereocenters. The third-order valence-electron chi connectivity index (χ3n) is 4.42. The summed E-state index contributed by atoms with van der Waals surface area (Å²) in [6, 6.07) is 8.30. The van der Waals surface area contributed by atoms with E-state index in [0.29, 0.717) is 26.3 Å². The van der Waals surface area contributed by atoms with E-state index < -0.39 is 0 Å².